The fourth-order valence-electron chi connectivity index (χ4n) is 2.16. The zero-order valence-corrected chi connectivity index (χ0v) is 16.2. The molecule has 0 aliphatic rings. The van der Waals surface area contributed by atoms with Gasteiger partial charge in [0, 0.05) is 17.0 Å². The molecule has 6 nitrogen and oxygen atoms in total. The number of nitrogens with one attached hydrogen (secondary N) is 1. The second-order valence-electron chi connectivity index (χ2n) is 5.54. The number of carboxylic acid groups (broad SMARTS) is 1. The van der Waals surface area contributed by atoms with Crippen molar-refractivity contribution in [1.29, 1.82) is 0 Å². The average molecular weight is 405 g/mol. The highest BCUT2D eigenvalue weighted by Crippen LogP contribution is 2.16. The van der Waals surface area contributed by atoms with Gasteiger partial charge >= 0.3 is 5.97 Å². The molecule has 2 aromatic rings. The SMILES string of the molecule is CSc1ccc(/C=C/C(=O)c2ccc(S(=O)(=O)NCCC(=O)O)cc2)cc1. The fourth-order valence-corrected chi connectivity index (χ4v) is 3.60. The molecule has 2 rings (SSSR count). The number of sulfonamides is 1. The summed E-state index contributed by atoms with van der Waals surface area (Å²) in [5, 5.41) is 8.56. The minimum absolute atomic E-state index is 0.0268. The Morgan fingerprint density at radius 1 is 1.07 bits per heavy atom. The molecule has 0 aromatic heterocycles. The predicted molar refractivity (Wildman–Crippen MR) is 105 cm³/mol. The van der Waals surface area contributed by atoms with Crippen molar-refractivity contribution in [1.82, 2.24) is 4.72 Å². The number of benzene rings is 2. The van der Waals surface area contributed by atoms with Crippen molar-refractivity contribution in [3.63, 3.8) is 0 Å². The van der Waals surface area contributed by atoms with E-state index in [4.69, 9.17) is 5.11 Å². The van der Waals surface area contributed by atoms with Crippen molar-refractivity contribution < 1.29 is 23.1 Å². The van der Waals surface area contributed by atoms with Crippen molar-refractivity contribution in [2.24, 2.45) is 0 Å². The summed E-state index contributed by atoms with van der Waals surface area (Å²) in [6.07, 6.45) is 4.81. The number of carboxylic acids is 1. The van der Waals surface area contributed by atoms with Gasteiger partial charge in [-0.05, 0) is 54.3 Å². The van der Waals surface area contributed by atoms with Crippen molar-refractivity contribution in [3.8, 4) is 0 Å². The van der Waals surface area contributed by atoms with Crippen LogP contribution in [0.5, 0.6) is 0 Å². The first-order valence-electron chi connectivity index (χ1n) is 8.00. The van der Waals surface area contributed by atoms with Crippen molar-refractivity contribution in [2.75, 3.05) is 12.8 Å². The van der Waals surface area contributed by atoms with Crippen LogP contribution >= 0.6 is 11.8 Å². The van der Waals surface area contributed by atoms with Crippen LogP contribution in [-0.2, 0) is 14.8 Å². The van der Waals surface area contributed by atoms with Crippen molar-refractivity contribution in [3.05, 3.63) is 65.7 Å². The maximum absolute atomic E-state index is 12.2. The van der Waals surface area contributed by atoms with Crippen molar-refractivity contribution in [2.45, 2.75) is 16.2 Å². The highest BCUT2D eigenvalue weighted by Gasteiger charge is 2.14. The molecule has 0 radical (unpaired) electrons. The van der Waals surface area contributed by atoms with E-state index < -0.39 is 16.0 Å². The number of hydrogen-bond acceptors (Lipinski definition) is 5. The second-order valence-corrected chi connectivity index (χ2v) is 8.18. The normalized spacial score (nSPS) is 11.6. The zero-order valence-electron chi connectivity index (χ0n) is 14.6. The summed E-state index contributed by atoms with van der Waals surface area (Å²) in [5.41, 5.74) is 1.25. The highest BCUT2D eigenvalue weighted by molar-refractivity contribution is 7.98. The van der Waals surface area contributed by atoms with Crippen LogP contribution < -0.4 is 4.72 Å². The monoisotopic (exact) mass is 405 g/mol. The Balaban J connectivity index is 2.03. The molecule has 0 amide bonds. The molecule has 0 atom stereocenters. The minimum Gasteiger partial charge on any atom is -0.481 e. The summed E-state index contributed by atoms with van der Waals surface area (Å²) in [6, 6.07) is 13.2. The Morgan fingerprint density at radius 3 is 2.26 bits per heavy atom. The molecule has 0 spiro atoms. The van der Waals surface area contributed by atoms with E-state index in [1.165, 1.54) is 30.3 Å². The molecule has 0 bridgehead atoms. The summed E-state index contributed by atoms with van der Waals surface area (Å²) in [5.74, 6) is -1.33. The molecular formula is C19H19NO5S2. The Bertz CT molecular complexity index is 933. The summed E-state index contributed by atoms with van der Waals surface area (Å²) < 4.78 is 26.3. The zero-order chi connectivity index (χ0) is 19.9. The summed E-state index contributed by atoms with van der Waals surface area (Å²) in [6.45, 7) is -0.198. The molecule has 0 saturated heterocycles. The van der Waals surface area contributed by atoms with Crippen molar-refractivity contribution >= 4 is 39.6 Å². The lowest BCUT2D eigenvalue weighted by Crippen LogP contribution is -2.26. The summed E-state index contributed by atoms with van der Waals surface area (Å²) >= 11 is 1.63. The lowest BCUT2D eigenvalue weighted by Gasteiger charge is -2.06. The molecule has 0 heterocycles. The number of allylic oxidation sites excluding steroid dienone is 1. The standard InChI is InChI=1S/C19H19NO5S2/c1-26-16-7-2-14(3-8-16)4-11-18(21)15-5-9-17(10-6-15)27(24,25)20-13-12-19(22)23/h2-11,20H,12-13H2,1H3,(H,22,23)/b11-4+. The number of ketones is 1. The third-order valence-corrected chi connectivity index (χ3v) is 5.84. The van der Waals surface area contributed by atoms with E-state index >= 15 is 0 Å². The first kappa shape index (κ1) is 20.9. The van der Waals surface area contributed by atoms with E-state index in [0.29, 0.717) is 5.56 Å². The number of rotatable bonds is 9. The number of carbonyl (C=O) groups is 2. The van der Waals surface area contributed by atoms with Gasteiger partial charge in [-0.3, -0.25) is 9.59 Å². The third-order valence-electron chi connectivity index (χ3n) is 3.62. The van der Waals surface area contributed by atoms with Gasteiger partial charge in [-0.1, -0.05) is 18.2 Å². The number of thioether (sulfide) groups is 1. The minimum atomic E-state index is -3.80. The molecule has 0 saturated carbocycles. The Kier molecular flexibility index (Phi) is 7.35. The first-order chi connectivity index (χ1) is 12.8. The average Bonchev–Trinajstić information content (AvgIpc) is 2.66. The Hall–Kier alpha value is -2.42. The third kappa shape index (κ3) is 6.35. The van der Waals surface area contributed by atoms with Gasteiger partial charge in [-0.2, -0.15) is 0 Å². The lowest BCUT2D eigenvalue weighted by molar-refractivity contribution is -0.136. The maximum Gasteiger partial charge on any atom is 0.304 e. The predicted octanol–water partition coefficient (Wildman–Crippen LogP) is 3.06. The first-order valence-corrected chi connectivity index (χ1v) is 10.7. The number of hydrogen-bond donors (Lipinski definition) is 2. The van der Waals surface area contributed by atoms with E-state index in [2.05, 4.69) is 4.72 Å². The maximum atomic E-state index is 12.2. The molecule has 2 N–H and O–H groups in total. The van der Waals surface area contributed by atoms with Crippen LogP contribution in [0.25, 0.3) is 6.08 Å². The van der Waals surface area contributed by atoms with Crippen LogP contribution in [0.3, 0.4) is 0 Å². The van der Waals surface area contributed by atoms with E-state index in [1.807, 2.05) is 30.5 Å². The molecule has 0 aliphatic heterocycles. The highest BCUT2D eigenvalue weighted by atomic mass is 32.2. The molecule has 0 fully saturated rings. The fraction of sp³-hybridized carbons (Fsp3) is 0.158. The second kappa shape index (κ2) is 9.50. The molecule has 0 aliphatic carbocycles. The summed E-state index contributed by atoms with van der Waals surface area (Å²) in [4.78, 5) is 23.8. The van der Waals surface area contributed by atoms with Crippen LogP contribution in [0.2, 0.25) is 0 Å². The molecule has 2 aromatic carbocycles. The van der Waals surface area contributed by atoms with E-state index in [0.717, 1.165) is 10.5 Å². The van der Waals surface area contributed by atoms with Gasteiger partial charge in [-0.25, -0.2) is 13.1 Å². The Labute approximate surface area is 162 Å². The largest absolute Gasteiger partial charge is 0.481 e. The lowest BCUT2D eigenvalue weighted by atomic mass is 10.1. The molecular weight excluding hydrogens is 386 g/mol. The van der Waals surface area contributed by atoms with Crippen LogP contribution in [0, 0.1) is 0 Å². The molecule has 0 unspecified atom stereocenters. The van der Waals surface area contributed by atoms with Gasteiger partial charge in [0.1, 0.15) is 0 Å². The quantitative estimate of drug-likeness (QED) is 0.378. The van der Waals surface area contributed by atoms with E-state index in [-0.39, 0.29) is 23.6 Å². The van der Waals surface area contributed by atoms with Crippen LogP contribution in [0.15, 0.2) is 64.4 Å². The Morgan fingerprint density at radius 2 is 1.70 bits per heavy atom. The molecule has 27 heavy (non-hydrogen) atoms. The van der Waals surface area contributed by atoms with Gasteiger partial charge in [0.2, 0.25) is 10.0 Å². The number of aliphatic carboxylic acids is 1. The van der Waals surface area contributed by atoms with Gasteiger partial charge in [0.05, 0.1) is 11.3 Å². The van der Waals surface area contributed by atoms with Gasteiger partial charge in [0.25, 0.3) is 0 Å². The van der Waals surface area contributed by atoms with Gasteiger partial charge in [0.15, 0.2) is 5.78 Å². The van der Waals surface area contributed by atoms with Crippen LogP contribution in [0.1, 0.15) is 22.3 Å². The molecule has 8 heteroatoms. The number of carbonyl (C=O) groups excluding carboxylic acids is 1. The van der Waals surface area contributed by atoms with Gasteiger partial charge in [-0.15, -0.1) is 11.8 Å². The summed E-state index contributed by atoms with van der Waals surface area (Å²) in [7, 11) is -3.80. The van der Waals surface area contributed by atoms with Crippen LogP contribution in [-0.4, -0.2) is 38.1 Å². The molecule has 142 valence electrons. The van der Waals surface area contributed by atoms with E-state index in [9.17, 15) is 18.0 Å². The van der Waals surface area contributed by atoms with E-state index in [1.54, 1.807) is 17.8 Å². The topological polar surface area (TPSA) is 101 Å². The van der Waals surface area contributed by atoms with Gasteiger partial charge < -0.3 is 5.11 Å². The van der Waals surface area contributed by atoms with Crippen LogP contribution in [0.4, 0.5) is 0 Å². The smallest absolute Gasteiger partial charge is 0.304 e.